The van der Waals surface area contributed by atoms with Gasteiger partial charge in [0.25, 0.3) is 17.4 Å². The van der Waals surface area contributed by atoms with E-state index in [-0.39, 0.29) is 10.6 Å². The molecular formula is C25H28N6O6S. The number of anilines is 2. The Morgan fingerprint density at radius 3 is 2.34 bits per heavy atom. The van der Waals surface area contributed by atoms with Gasteiger partial charge in [-0.3, -0.25) is 19.1 Å². The summed E-state index contributed by atoms with van der Waals surface area (Å²) in [6.45, 7) is 2.23. The average molecular weight is 541 g/mol. The summed E-state index contributed by atoms with van der Waals surface area (Å²) in [6, 6.07) is 14.8. The van der Waals surface area contributed by atoms with Crippen LogP contribution in [-0.2, 0) is 31.5 Å². The van der Waals surface area contributed by atoms with Crippen LogP contribution in [0.2, 0.25) is 0 Å². The highest BCUT2D eigenvalue weighted by atomic mass is 32.2. The lowest BCUT2D eigenvalue weighted by Gasteiger charge is -2.15. The van der Waals surface area contributed by atoms with Gasteiger partial charge in [0.05, 0.1) is 16.3 Å². The summed E-state index contributed by atoms with van der Waals surface area (Å²) < 4.78 is 29.7. The highest BCUT2D eigenvalue weighted by Gasteiger charge is 2.27. The van der Waals surface area contributed by atoms with Crippen molar-refractivity contribution < 1.29 is 22.8 Å². The molecule has 0 radical (unpaired) electrons. The second kappa shape index (κ2) is 11.4. The maximum Gasteiger partial charge on any atom is 0.295 e. The van der Waals surface area contributed by atoms with Gasteiger partial charge in [-0.15, -0.1) is 0 Å². The van der Waals surface area contributed by atoms with Crippen molar-refractivity contribution in [2.45, 2.75) is 24.7 Å². The fourth-order valence-corrected chi connectivity index (χ4v) is 5.55. The Balaban J connectivity index is 1.28. The molecule has 0 saturated carbocycles. The molecule has 1 aliphatic rings. The van der Waals surface area contributed by atoms with Gasteiger partial charge in [0.15, 0.2) is 6.61 Å². The van der Waals surface area contributed by atoms with E-state index in [1.165, 1.54) is 33.3 Å². The van der Waals surface area contributed by atoms with Crippen molar-refractivity contribution in [1.82, 2.24) is 13.7 Å². The van der Waals surface area contributed by atoms with Crippen LogP contribution in [0, 0.1) is 6.92 Å². The zero-order valence-corrected chi connectivity index (χ0v) is 21.8. The lowest BCUT2D eigenvalue weighted by molar-refractivity contribution is -0.120. The number of carbonyl (C=O) groups excluding carboxylic acids is 2. The molecule has 2 aromatic carbocycles. The Hall–Kier alpha value is -4.23. The second-order valence-electron chi connectivity index (χ2n) is 8.62. The molecule has 2 heterocycles. The number of nitrogens with one attached hydrogen (secondary N) is 2. The topological polar surface area (TPSA) is 144 Å². The minimum absolute atomic E-state index is 0.0979. The number of amides is 2. The Morgan fingerprint density at radius 1 is 1.03 bits per heavy atom. The first kappa shape index (κ1) is 26.8. The van der Waals surface area contributed by atoms with Crippen LogP contribution in [0.15, 0.2) is 69.4 Å². The van der Waals surface area contributed by atoms with Gasteiger partial charge in [0, 0.05) is 25.8 Å². The molecule has 0 unspecified atom stereocenters. The largest absolute Gasteiger partial charge is 0.385 e. The summed E-state index contributed by atoms with van der Waals surface area (Å²) in [4.78, 5) is 42.3. The molecule has 0 atom stereocenters. The van der Waals surface area contributed by atoms with Crippen LogP contribution >= 0.6 is 0 Å². The monoisotopic (exact) mass is 540 g/mol. The number of hydrogen-bond acceptors (Lipinski definition) is 7. The fraction of sp³-hybridized carbons (Fsp3) is 0.280. The molecule has 0 spiro atoms. The summed E-state index contributed by atoms with van der Waals surface area (Å²) >= 11 is 0. The molecule has 3 aromatic rings. The SMILES string of the molecule is Cc1c(NC(=O)/C=N\OCC(=O)Nc2ccc(S(=O)(=O)N3CCCC3)cc2)c(=O)n(-c2ccccc2)n1C. The third-order valence-corrected chi connectivity index (χ3v) is 8.00. The normalized spacial score (nSPS) is 14.1. The molecule has 0 aliphatic carbocycles. The predicted molar refractivity (Wildman–Crippen MR) is 142 cm³/mol. The summed E-state index contributed by atoms with van der Waals surface area (Å²) in [5, 5.41) is 8.55. The number of sulfonamides is 1. The number of nitrogens with zero attached hydrogens (tertiary/aromatic N) is 4. The van der Waals surface area contributed by atoms with Crippen LogP contribution in [0.4, 0.5) is 11.4 Å². The summed E-state index contributed by atoms with van der Waals surface area (Å²) in [6.07, 6.45) is 2.51. The molecule has 1 saturated heterocycles. The van der Waals surface area contributed by atoms with Crippen molar-refractivity contribution in [3.63, 3.8) is 0 Å². The number of rotatable bonds is 9. The third kappa shape index (κ3) is 5.84. The predicted octanol–water partition coefficient (Wildman–Crippen LogP) is 1.85. The molecule has 1 fully saturated rings. The van der Waals surface area contributed by atoms with Crippen molar-refractivity contribution in [1.29, 1.82) is 0 Å². The molecule has 38 heavy (non-hydrogen) atoms. The van der Waals surface area contributed by atoms with Gasteiger partial charge in [-0.2, -0.15) is 4.31 Å². The Morgan fingerprint density at radius 2 is 1.68 bits per heavy atom. The first-order chi connectivity index (χ1) is 18.2. The van der Waals surface area contributed by atoms with E-state index < -0.39 is 34.0 Å². The van der Waals surface area contributed by atoms with E-state index in [9.17, 15) is 22.8 Å². The first-order valence-corrected chi connectivity index (χ1v) is 13.3. The molecule has 1 aliphatic heterocycles. The van der Waals surface area contributed by atoms with E-state index in [4.69, 9.17) is 4.84 Å². The van der Waals surface area contributed by atoms with Crippen LogP contribution < -0.4 is 16.2 Å². The van der Waals surface area contributed by atoms with Crippen molar-refractivity contribution in [2.24, 2.45) is 12.2 Å². The number of benzene rings is 2. The maximum atomic E-state index is 12.8. The summed E-state index contributed by atoms with van der Waals surface area (Å²) in [7, 11) is -1.83. The van der Waals surface area contributed by atoms with E-state index in [1.807, 2.05) is 6.07 Å². The smallest absolute Gasteiger partial charge is 0.295 e. The van der Waals surface area contributed by atoms with Crippen LogP contribution in [-0.4, -0.2) is 59.8 Å². The van der Waals surface area contributed by atoms with Gasteiger partial charge >= 0.3 is 0 Å². The third-order valence-electron chi connectivity index (χ3n) is 6.08. The standard InChI is InChI=1S/C25H28N6O6S/c1-18-24(25(34)31(29(18)2)20-8-4-3-5-9-20)28-22(32)16-26-37-17-23(33)27-19-10-12-21(13-11-19)38(35,36)30-14-6-7-15-30/h3-5,8-13,16H,6-7,14-15,17H2,1-2H3,(H,27,33)(H,28,32)/b26-16-. The van der Waals surface area contributed by atoms with Crippen molar-refractivity contribution in [3.05, 3.63) is 70.6 Å². The molecule has 2 amide bonds. The van der Waals surface area contributed by atoms with Gasteiger partial charge in [-0.25, -0.2) is 13.1 Å². The lowest BCUT2D eigenvalue weighted by atomic mass is 10.3. The molecule has 1 aromatic heterocycles. The van der Waals surface area contributed by atoms with Crippen molar-refractivity contribution in [2.75, 3.05) is 30.3 Å². The zero-order chi connectivity index (χ0) is 27.3. The quantitative estimate of drug-likeness (QED) is 0.313. The molecule has 200 valence electrons. The average Bonchev–Trinajstić information content (AvgIpc) is 3.52. The van der Waals surface area contributed by atoms with Gasteiger partial charge < -0.3 is 15.5 Å². The van der Waals surface area contributed by atoms with E-state index in [1.54, 1.807) is 42.9 Å². The summed E-state index contributed by atoms with van der Waals surface area (Å²) in [5.74, 6) is -1.26. The maximum absolute atomic E-state index is 12.8. The number of hydrogen-bond donors (Lipinski definition) is 2. The number of oxime groups is 1. The highest BCUT2D eigenvalue weighted by Crippen LogP contribution is 2.22. The van der Waals surface area contributed by atoms with E-state index >= 15 is 0 Å². The van der Waals surface area contributed by atoms with Gasteiger partial charge in [-0.05, 0) is 56.2 Å². The molecule has 0 bridgehead atoms. The molecule has 2 N–H and O–H groups in total. The van der Waals surface area contributed by atoms with E-state index in [0.29, 0.717) is 30.2 Å². The Bertz CT molecular complexity index is 1500. The van der Waals surface area contributed by atoms with Gasteiger partial charge in [0.2, 0.25) is 10.0 Å². The Kier molecular flexibility index (Phi) is 8.08. The van der Waals surface area contributed by atoms with E-state index in [0.717, 1.165) is 19.1 Å². The minimum atomic E-state index is -3.54. The second-order valence-corrected chi connectivity index (χ2v) is 10.6. The first-order valence-electron chi connectivity index (χ1n) is 11.9. The Labute approximate surface area is 219 Å². The molecule has 13 heteroatoms. The number of para-hydroxylation sites is 1. The molecule has 12 nitrogen and oxygen atoms in total. The van der Waals surface area contributed by atoms with Crippen LogP contribution in [0.1, 0.15) is 18.5 Å². The summed E-state index contributed by atoms with van der Waals surface area (Å²) in [5.41, 5.74) is 1.27. The van der Waals surface area contributed by atoms with Crippen LogP contribution in [0.25, 0.3) is 5.69 Å². The minimum Gasteiger partial charge on any atom is -0.385 e. The number of carbonyl (C=O) groups is 2. The lowest BCUT2D eigenvalue weighted by Crippen LogP contribution is -2.27. The molecular weight excluding hydrogens is 512 g/mol. The van der Waals surface area contributed by atoms with Crippen molar-refractivity contribution >= 4 is 39.4 Å². The van der Waals surface area contributed by atoms with E-state index in [2.05, 4.69) is 15.8 Å². The number of aromatic nitrogens is 2. The zero-order valence-electron chi connectivity index (χ0n) is 21.0. The van der Waals surface area contributed by atoms with Crippen molar-refractivity contribution in [3.8, 4) is 5.69 Å². The van der Waals surface area contributed by atoms with Gasteiger partial charge in [-0.1, -0.05) is 23.4 Å². The van der Waals surface area contributed by atoms with Crippen LogP contribution in [0.5, 0.6) is 0 Å². The fourth-order valence-electron chi connectivity index (χ4n) is 4.03. The molecule has 4 rings (SSSR count). The highest BCUT2D eigenvalue weighted by molar-refractivity contribution is 7.89. The van der Waals surface area contributed by atoms with Crippen LogP contribution in [0.3, 0.4) is 0 Å². The van der Waals surface area contributed by atoms with Gasteiger partial charge in [0.1, 0.15) is 11.9 Å².